The lowest BCUT2D eigenvalue weighted by atomic mass is 10.1. The molecule has 7 heteroatoms. The molecule has 0 spiro atoms. The van der Waals surface area contributed by atoms with E-state index in [1.807, 2.05) is 13.8 Å². The fraction of sp³-hybridized carbons (Fsp3) is 0.462. The number of hydrogen-bond donors (Lipinski definition) is 2. The predicted octanol–water partition coefficient (Wildman–Crippen LogP) is 1.86. The first-order valence-corrected chi connectivity index (χ1v) is 7.52. The maximum absolute atomic E-state index is 12.1. The zero-order valence-corrected chi connectivity index (χ0v) is 12.3. The monoisotopic (exact) mass is 295 g/mol. The van der Waals surface area contributed by atoms with Gasteiger partial charge in [-0.1, -0.05) is 0 Å². The van der Waals surface area contributed by atoms with Crippen LogP contribution in [0.1, 0.15) is 11.1 Å². The molecule has 1 heterocycles. The molecule has 108 valence electrons. The quantitative estimate of drug-likeness (QED) is 0.657. The van der Waals surface area contributed by atoms with Gasteiger partial charge in [0.05, 0.1) is 11.0 Å². The van der Waals surface area contributed by atoms with Gasteiger partial charge in [-0.2, -0.15) is 11.8 Å². The third-order valence-electron chi connectivity index (χ3n) is 3.30. The summed E-state index contributed by atoms with van der Waals surface area (Å²) < 4.78 is 0. The second kappa shape index (κ2) is 6.23. The van der Waals surface area contributed by atoms with Crippen LogP contribution >= 0.6 is 11.8 Å². The second-order valence-corrected chi connectivity index (χ2v) is 5.93. The summed E-state index contributed by atoms with van der Waals surface area (Å²) in [5, 5.41) is 16.9. The van der Waals surface area contributed by atoms with Gasteiger partial charge in [-0.25, -0.2) is 0 Å². The Morgan fingerprint density at radius 2 is 2.15 bits per heavy atom. The fourth-order valence-electron chi connectivity index (χ4n) is 2.01. The van der Waals surface area contributed by atoms with Crippen LogP contribution in [0.2, 0.25) is 0 Å². The average molecular weight is 295 g/mol. The summed E-state index contributed by atoms with van der Waals surface area (Å²) in [7, 11) is 0. The van der Waals surface area contributed by atoms with Crippen LogP contribution in [-0.2, 0) is 4.79 Å². The Morgan fingerprint density at radius 3 is 2.75 bits per heavy atom. The van der Waals surface area contributed by atoms with E-state index in [2.05, 4.69) is 10.6 Å². The number of aryl methyl sites for hydroxylation is 2. The smallest absolute Gasteiger partial charge is 0.293 e. The largest absolute Gasteiger partial charge is 0.319 e. The molecule has 1 aromatic carbocycles. The van der Waals surface area contributed by atoms with Crippen LogP contribution in [0.25, 0.3) is 0 Å². The van der Waals surface area contributed by atoms with Crippen molar-refractivity contribution in [3.05, 3.63) is 33.4 Å². The summed E-state index contributed by atoms with van der Waals surface area (Å²) in [6.07, 6.45) is 0. The minimum atomic E-state index is -0.467. The Morgan fingerprint density at radius 1 is 1.45 bits per heavy atom. The Bertz CT molecular complexity index is 542. The van der Waals surface area contributed by atoms with E-state index in [1.165, 1.54) is 6.07 Å². The van der Waals surface area contributed by atoms with Crippen LogP contribution in [-0.4, -0.2) is 34.9 Å². The van der Waals surface area contributed by atoms with Crippen LogP contribution in [0, 0.1) is 24.0 Å². The van der Waals surface area contributed by atoms with Gasteiger partial charge in [-0.05, 0) is 31.0 Å². The number of anilines is 1. The molecule has 1 fully saturated rings. The first kappa shape index (κ1) is 14.8. The van der Waals surface area contributed by atoms with Gasteiger partial charge in [-0.15, -0.1) is 0 Å². The number of benzene rings is 1. The van der Waals surface area contributed by atoms with Crippen molar-refractivity contribution < 1.29 is 9.72 Å². The third kappa shape index (κ3) is 3.29. The molecule has 1 aliphatic rings. The Balaban J connectivity index is 2.21. The van der Waals surface area contributed by atoms with Crippen molar-refractivity contribution >= 4 is 29.0 Å². The minimum Gasteiger partial charge on any atom is -0.319 e. The summed E-state index contributed by atoms with van der Waals surface area (Å²) in [4.78, 5) is 22.7. The van der Waals surface area contributed by atoms with E-state index in [4.69, 9.17) is 0 Å². The maximum Gasteiger partial charge on any atom is 0.293 e. The number of nitro benzene ring substituents is 1. The number of nitrogens with zero attached hydrogens (tertiary/aromatic N) is 1. The second-order valence-electron chi connectivity index (χ2n) is 4.78. The molecule has 1 saturated heterocycles. The molecule has 0 aliphatic carbocycles. The number of nitro groups is 1. The first-order valence-electron chi connectivity index (χ1n) is 6.36. The standard InChI is InChI=1S/C13H17N3O3S/c1-8-5-10(12(16(18)19)6-9(8)2)15-13(17)11-7-20-4-3-14-11/h5-6,11,14H,3-4,7H2,1-2H3,(H,15,17). The number of rotatable bonds is 3. The molecule has 2 N–H and O–H groups in total. The van der Waals surface area contributed by atoms with Gasteiger partial charge in [0.15, 0.2) is 0 Å². The van der Waals surface area contributed by atoms with Crippen molar-refractivity contribution in [2.45, 2.75) is 19.9 Å². The lowest BCUT2D eigenvalue weighted by Crippen LogP contribution is -2.46. The van der Waals surface area contributed by atoms with Gasteiger partial charge in [0, 0.05) is 24.1 Å². The number of carbonyl (C=O) groups excluding carboxylic acids is 1. The van der Waals surface area contributed by atoms with Crippen molar-refractivity contribution in [1.29, 1.82) is 0 Å². The van der Waals surface area contributed by atoms with Crippen LogP contribution < -0.4 is 10.6 Å². The lowest BCUT2D eigenvalue weighted by molar-refractivity contribution is -0.384. The SMILES string of the molecule is Cc1cc(NC(=O)C2CSCCN2)c([N+](=O)[O-])cc1C. The molecule has 1 aromatic rings. The van der Waals surface area contributed by atoms with E-state index in [0.717, 1.165) is 23.4 Å². The van der Waals surface area contributed by atoms with Crippen molar-refractivity contribution in [1.82, 2.24) is 5.32 Å². The van der Waals surface area contributed by atoms with Crippen LogP contribution in [0.3, 0.4) is 0 Å². The molecule has 1 unspecified atom stereocenters. The number of nitrogens with one attached hydrogen (secondary N) is 2. The summed E-state index contributed by atoms with van der Waals surface area (Å²) in [6.45, 7) is 4.45. The molecule has 1 aliphatic heterocycles. The van der Waals surface area contributed by atoms with Crippen molar-refractivity contribution in [3.8, 4) is 0 Å². The Hall–Kier alpha value is -1.60. The van der Waals surface area contributed by atoms with Crippen LogP contribution in [0.4, 0.5) is 11.4 Å². The number of amides is 1. The maximum atomic E-state index is 12.1. The Labute approximate surface area is 121 Å². The highest BCUT2D eigenvalue weighted by Crippen LogP contribution is 2.28. The van der Waals surface area contributed by atoms with Gasteiger partial charge in [0.1, 0.15) is 5.69 Å². The number of thioether (sulfide) groups is 1. The molecule has 0 aromatic heterocycles. The molecule has 6 nitrogen and oxygen atoms in total. The van der Waals surface area contributed by atoms with E-state index in [1.54, 1.807) is 17.8 Å². The highest BCUT2D eigenvalue weighted by atomic mass is 32.2. The molecule has 1 atom stereocenters. The van der Waals surface area contributed by atoms with Crippen LogP contribution in [0.15, 0.2) is 12.1 Å². The predicted molar refractivity (Wildman–Crippen MR) is 80.3 cm³/mol. The first-order chi connectivity index (χ1) is 9.49. The molecule has 0 radical (unpaired) electrons. The van der Waals surface area contributed by atoms with Crippen molar-refractivity contribution in [3.63, 3.8) is 0 Å². The normalized spacial score (nSPS) is 18.6. The molecule has 0 bridgehead atoms. The fourth-order valence-corrected chi connectivity index (χ4v) is 2.94. The summed E-state index contributed by atoms with van der Waals surface area (Å²) in [6, 6.07) is 2.85. The Kier molecular flexibility index (Phi) is 4.61. The topological polar surface area (TPSA) is 84.3 Å². The van der Waals surface area contributed by atoms with E-state index >= 15 is 0 Å². The van der Waals surface area contributed by atoms with E-state index < -0.39 is 4.92 Å². The lowest BCUT2D eigenvalue weighted by Gasteiger charge is -2.22. The van der Waals surface area contributed by atoms with Gasteiger partial charge in [0.2, 0.25) is 5.91 Å². The van der Waals surface area contributed by atoms with Crippen molar-refractivity contribution in [2.24, 2.45) is 0 Å². The summed E-state index contributed by atoms with van der Waals surface area (Å²) in [5.74, 6) is 1.45. The van der Waals surface area contributed by atoms with Gasteiger partial charge in [-0.3, -0.25) is 14.9 Å². The van der Waals surface area contributed by atoms with E-state index in [9.17, 15) is 14.9 Å². The molecule has 2 rings (SSSR count). The highest BCUT2D eigenvalue weighted by Gasteiger charge is 2.24. The molecular formula is C13H17N3O3S. The zero-order valence-electron chi connectivity index (χ0n) is 11.4. The average Bonchev–Trinajstić information content (AvgIpc) is 2.43. The highest BCUT2D eigenvalue weighted by molar-refractivity contribution is 7.99. The van der Waals surface area contributed by atoms with Gasteiger partial charge in [0.25, 0.3) is 5.69 Å². The third-order valence-corrected chi connectivity index (χ3v) is 4.37. The molecule has 0 saturated carbocycles. The van der Waals surface area contributed by atoms with Crippen LogP contribution in [0.5, 0.6) is 0 Å². The van der Waals surface area contributed by atoms with E-state index in [0.29, 0.717) is 5.75 Å². The zero-order chi connectivity index (χ0) is 14.7. The molecule has 20 heavy (non-hydrogen) atoms. The molecular weight excluding hydrogens is 278 g/mol. The van der Waals surface area contributed by atoms with Crippen molar-refractivity contribution in [2.75, 3.05) is 23.4 Å². The molecule has 1 amide bonds. The van der Waals surface area contributed by atoms with Gasteiger partial charge < -0.3 is 10.6 Å². The van der Waals surface area contributed by atoms with E-state index in [-0.39, 0.29) is 23.3 Å². The number of hydrogen-bond acceptors (Lipinski definition) is 5. The minimum absolute atomic E-state index is 0.0649. The number of carbonyl (C=O) groups is 1. The summed E-state index contributed by atoms with van der Waals surface area (Å²) >= 11 is 1.70. The summed E-state index contributed by atoms with van der Waals surface area (Å²) in [5.41, 5.74) is 1.95. The van der Waals surface area contributed by atoms with Gasteiger partial charge >= 0.3 is 0 Å².